The molecular formula is C17H27N3O. The monoisotopic (exact) mass is 289 g/mol. The van der Waals surface area contributed by atoms with E-state index in [0.29, 0.717) is 6.61 Å². The number of aryl methyl sites for hydroxylation is 2. The molecular weight excluding hydrogens is 262 g/mol. The first-order chi connectivity index (χ1) is 9.99. The quantitative estimate of drug-likeness (QED) is 0.342. The third-order valence-corrected chi connectivity index (χ3v) is 3.26. The molecule has 0 amide bonds. The summed E-state index contributed by atoms with van der Waals surface area (Å²) >= 11 is 0. The van der Waals surface area contributed by atoms with E-state index in [2.05, 4.69) is 56.9 Å². The van der Waals surface area contributed by atoms with Gasteiger partial charge in [0.2, 0.25) is 0 Å². The fourth-order valence-electron chi connectivity index (χ4n) is 1.80. The van der Waals surface area contributed by atoms with E-state index in [1.807, 2.05) is 18.3 Å². The van der Waals surface area contributed by atoms with Gasteiger partial charge in [-0.15, -0.1) is 0 Å². The van der Waals surface area contributed by atoms with E-state index in [9.17, 15) is 0 Å². The van der Waals surface area contributed by atoms with Gasteiger partial charge >= 0.3 is 0 Å². The molecule has 0 unspecified atom stereocenters. The second-order valence-electron chi connectivity index (χ2n) is 5.20. The normalized spacial score (nSPS) is 10.9. The number of hydroxylamine groups is 1. The first-order valence-corrected chi connectivity index (χ1v) is 7.42. The third-order valence-electron chi connectivity index (χ3n) is 3.26. The number of aliphatic imine (C=N–C) groups is 1. The minimum absolute atomic E-state index is 0.669. The Morgan fingerprint density at radius 3 is 2.67 bits per heavy atom. The highest BCUT2D eigenvalue weighted by molar-refractivity contribution is 5.70. The molecule has 0 atom stereocenters. The van der Waals surface area contributed by atoms with Gasteiger partial charge in [0.15, 0.2) is 0 Å². The van der Waals surface area contributed by atoms with Gasteiger partial charge in [-0.05, 0) is 50.5 Å². The Morgan fingerprint density at radius 1 is 1.33 bits per heavy atom. The lowest BCUT2D eigenvalue weighted by atomic mass is 10.0. The lowest BCUT2D eigenvalue weighted by Gasteiger charge is -2.14. The van der Waals surface area contributed by atoms with E-state index in [-0.39, 0.29) is 0 Å². The molecule has 4 nitrogen and oxygen atoms in total. The van der Waals surface area contributed by atoms with Gasteiger partial charge in [0, 0.05) is 19.2 Å². The Kier molecular flexibility index (Phi) is 6.96. The largest absolute Gasteiger partial charge is 0.366 e. The summed E-state index contributed by atoms with van der Waals surface area (Å²) in [7, 11) is 2.01. The van der Waals surface area contributed by atoms with Crippen LogP contribution in [-0.4, -0.2) is 31.4 Å². The van der Waals surface area contributed by atoms with Crippen LogP contribution in [0.5, 0.6) is 0 Å². The minimum atomic E-state index is 0.669. The van der Waals surface area contributed by atoms with Gasteiger partial charge in [0.1, 0.15) is 0 Å². The predicted molar refractivity (Wildman–Crippen MR) is 90.8 cm³/mol. The topological polar surface area (TPSA) is 36.9 Å². The summed E-state index contributed by atoms with van der Waals surface area (Å²) < 4.78 is 0. The summed E-state index contributed by atoms with van der Waals surface area (Å²) in [4.78, 5) is 11.9. The van der Waals surface area contributed by atoms with E-state index in [1.54, 1.807) is 0 Å². The predicted octanol–water partition coefficient (Wildman–Crippen LogP) is 3.82. The highest BCUT2D eigenvalue weighted by atomic mass is 16.6. The minimum Gasteiger partial charge on any atom is -0.366 e. The SMILES string of the molecule is C=C(NOCCC)c1cc(C)c(N=CN(C)CC)cc1C. The Hall–Kier alpha value is -1.81. The number of nitrogens with one attached hydrogen (secondary N) is 1. The summed E-state index contributed by atoms with van der Waals surface area (Å²) in [5.74, 6) is 0. The van der Waals surface area contributed by atoms with Gasteiger partial charge in [-0.1, -0.05) is 13.5 Å². The van der Waals surface area contributed by atoms with Gasteiger partial charge < -0.3 is 4.90 Å². The maximum absolute atomic E-state index is 5.33. The molecule has 0 aromatic heterocycles. The molecule has 0 aliphatic heterocycles. The fourth-order valence-corrected chi connectivity index (χ4v) is 1.80. The van der Waals surface area contributed by atoms with E-state index in [0.717, 1.165) is 41.0 Å². The maximum atomic E-state index is 5.33. The molecule has 1 aromatic rings. The van der Waals surface area contributed by atoms with Crippen molar-refractivity contribution in [2.45, 2.75) is 34.1 Å². The Labute approximate surface area is 128 Å². The molecule has 1 N–H and O–H groups in total. The summed E-state index contributed by atoms with van der Waals surface area (Å²) in [5.41, 5.74) is 7.98. The average molecular weight is 289 g/mol. The number of hydrogen-bond donors (Lipinski definition) is 1. The molecule has 0 heterocycles. The van der Waals surface area contributed by atoms with E-state index < -0.39 is 0 Å². The van der Waals surface area contributed by atoms with Crippen LogP contribution in [0.25, 0.3) is 5.70 Å². The number of rotatable bonds is 8. The number of hydrogen-bond acceptors (Lipinski definition) is 3. The van der Waals surface area contributed by atoms with Crippen molar-refractivity contribution in [3.8, 4) is 0 Å². The van der Waals surface area contributed by atoms with Crippen LogP contribution in [0, 0.1) is 13.8 Å². The van der Waals surface area contributed by atoms with Crippen LogP contribution in [0.4, 0.5) is 5.69 Å². The lowest BCUT2D eigenvalue weighted by Crippen LogP contribution is -2.14. The second kappa shape index (κ2) is 8.47. The van der Waals surface area contributed by atoms with Crippen LogP contribution in [0.3, 0.4) is 0 Å². The molecule has 1 aromatic carbocycles. The van der Waals surface area contributed by atoms with Gasteiger partial charge in [0.25, 0.3) is 0 Å². The van der Waals surface area contributed by atoms with E-state index >= 15 is 0 Å². The molecule has 0 aliphatic carbocycles. The zero-order chi connectivity index (χ0) is 15.8. The third kappa shape index (κ3) is 5.23. The molecule has 0 fully saturated rings. The van der Waals surface area contributed by atoms with Crippen molar-refractivity contribution in [3.63, 3.8) is 0 Å². The van der Waals surface area contributed by atoms with Gasteiger partial charge in [-0.25, -0.2) is 4.99 Å². The highest BCUT2D eigenvalue weighted by Crippen LogP contribution is 2.26. The van der Waals surface area contributed by atoms with Crippen molar-refractivity contribution < 1.29 is 4.84 Å². The van der Waals surface area contributed by atoms with Crippen molar-refractivity contribution in [3.05, 3.63) is 35.4 Å². The molecule has 0 saturated carbocycles. The molecule has 1 rings (SSSR count). The van der Waals surface area contributed by atoms with E-state index in [4.69, 9.17) is 4.84 Å². The fraction of sp³-hybridized carbons (Fsp3) is 0.471. The Balaban J connectivity index is 2.89. The van der Waals surface area contributed by atoms with Gasteiger partial charge in [0.05, 0.1) is 24.3 Å². The average Bonchev–Trinajstić information content (AvgIpc) is 2.47. The summed E-state index contributed by atoms with van der Waals surface area (Å²) in [6.45, 7) is 13.9. The number of benzene rings is 1. The van der Waals surface area contributed by atoms with Gasteiger partial charge in [-0.2, -0.15) is 0 Å². The lowest BCUT2D eigenvalue weighted by molar-refractivity contribution is 0.0791. The van der Waals surface area contributed by atoms with Crippen molar-refractivity contribution in [2.75, 3.05) is 20.2 Å². The Morgan fingerprint density at radius 2 is 2.05 bits per heavy atom. The van der Waals surface area contributed by atoms with E-state index in [1.165, 1.54) is 0 Å². The van der Waals surface area contributed by atoms with Crippen molar-refractivity contribution in [2.24, 2.45) is 4.99 Å². The summed E-state index contributed by atoms with van der Waals surface area (Å²) in [6, 6.07) is 4.18. The van der Waals surface area contributed by atoms with Gasteiger partial charge in [-0.3, -0.25) is 10.3 Å². The molecule has 21 heavy (non-hydrogen) atoms. The summed E-state index contributed by atoms with van der Waals surface area (Å²) in [6.07, 6.45) is 2.83. The van der Waals surface area contributed by atoms with Crippen molar-refractivity contribution in [1.29, 1.82) is 0 Å². The molecule has 0 saturated heterocycles. The molecule has 4 heteroatoms. The van der Waals surface area contributed by atoms with Crippen molar-refractivity contribution >= 4 is 17.7 Å². The first-order valence-electron chi connectivity index (χ1n) is 7.42. The van der Waals surface area contributed by atoms with Crippen LogP contribution < -0.4 is 5.48 Å². The first kappa shape index (κ1) is 17.2. The zero-order valence-electron chi connectivity index (χ0n) is 13.9. The molecule has 0 bridgehead atoms. The molecule has 0 aliphatic rings. The van der Waals surface area contributed by atoms with Crippen LogP contribution in [0.2, 0.25) is 0 Å². The van der Waals surface area contributed by atoms with Crippen LogP contribution >= 0.6 is 0 Å². The maximum Gasteiger partial charge on any atom is 0.0909 e. The molecule has 0 spiro atoms. The molecule has 0 radical (unpaired) electrons. The van der Waals surface area contributed by atoms with Crippen LogP contribution in [0.1, 0.15) is 37.0 Å². The van der Waals surface area contributed by atoms with Crippen LogP contribution in [-0.2, 0) is 4.84 Å². The highest BCUT2D eigenvalue weighted by Gasteiger charge is 2.07. The second-order valence-corrected chi connectivity index (χ2v) is 5.20. The Bertz CT molecular complexity index is 509. The standard InChI is InChI=1S/C17H27N3O/c1-7-9-21-19-15(5)16-10-14(4)17(11-13(16)3)18-12-20(6)8-2/h10-12,19H,5,7-9H2,1-4,6H3. The smallest absolute Gasteiger partial charge is 0.0909 e. The van der Waals surface area contributed by atoms with Crippen molar-refractivity contribution in [1.82, 2.24) is 10.4 Å². The zero-order valence-corrected chi connectivity index (χ0v) is 13.9. The summed E-state index contributed by atoms with van der Waals surface area (Å²) in [5, 5.41) is 0. The molecule has 116 valence electrons. The van der Waals surface area contributed by atoms with Crippen LogP contribution in [0.15, 0.2) is 23.7 Å². The number of nitrogens with zero attached hydrogens (tertiary/aromatic N) is 2.